The largest absolute Gasteiger partial charge is 0.366 e. The van der Waals surface area contributed by atoms with E-state index in [2.05, 4.69) is 4.57 Å². The summed E-state index contributed by atoms with van der Waals surface area (Å²) < 4.78 is 2.26. The fourth-order valence-corrected chi connectivity index (χ4v) is 4.98. The Labute approximate surface area is 161 Å². The van der Waals surface area contributed by atoms with Crippen LogP contribution in [-0.4, -0.2) is 15.5 Å². The van der Waals surface area contributed by atoms with Gasteiger partial charge in [0.2, 0.25) is 0 Å². The van der Waals surface area contributed by atoms with Crippen molar-refractivity contribution in [2.45, 2.75) is 38.6 Å². The van der Waals surface area contributed by atoms with Crippen molar-refractivity contribution >= 4 is 28.8 Å². The molecule has 3 aromatic rings. The zero-order chi connectivity index (χ0) is 18.3. The number of carbonyl (C=O) groups excluding carboxylic acids is 1. The minimum Gasteiger partial charge on any atom is -0.366 e. The molecule has 1 amide bonds. The summed E-state index contributed by atoms with van der Waals surface area (Å²) in [6.07, 6.45) is 4.69. The van der Waals surface area contributed by atoms with Crippen LogP contribution in [0.1, 0.15) is 47.8 Å². The molecule has 1 fully saturated rings. The monoisotopic (exact) mass is 385 g/mol. The summed E-state index contributed by atoms with van der Waals surface area (Å²) in [6.45, 7) is 1.98. The number of carbonyl (C=O) groups is 1. The number of rotatable bonds is 4. The molecule has 0 aliphatic heterocycles. The summed E-state index contributed by atoms with van der Waals surface area (Å²) in [7, 11) is 0. The summed E-state index contributed by atoms with van der Waals surface area (Å²) in [5.74, 6) is -0.387. The second-order valence-corrected chi connectivity index (χ2v) is 7.98. The Balaban J connectivity index is 1.82. The SMILES string of the molecule is Cc1c(C(N)=O)cc(-c2csc(-c3ccccc3Cl)n2)n1C1CCCC1. The van der Waals surface area contributed by atoms with Gasteiger partial charge in [-0.15, -0.1) is 11.3 Å². The van der Waals surface area contributed by atoms with Gasteiger partial charge in [0.05, 0.1) is 22.0 Å². The number of thiazole rings is 1. The molecule has 134 valence electrons. The summed E-state index contributed by atoms with van der Waals surface area (Å²) >= 11 is 7.88. The predicted molar refractivity (Wildman–Crippen MR) is 107 cm³/mol. The van der Waals surface area contributed by atoms with Gasteiger partial charge in [0.25, 0.3) is 5.91 Å². The maximum absolute atomic E-state index is 11.9. The Kier molecular flexibility index (Phi) is 4.59. The van der Waals surface area contributed by atoms with Gasteiger partial charge in [0.1, 0.15) is 5.01 Å². The molecular formula is C20H20ClN3OS. The third-order valence-electron chi connectivity index (χ3n) is 5.12. The quantitative estimate of drug-likeness (QED) is 0.648. The van der Waals surface area contributed by atoms with Crippen LogP contribution in [-0.2, 0) is 0 Å². The van der Waals surface area contributed by atoms with Crippen molar-refractivity contribution in [3.63, 3.8) is 0 Å². The molecule has 4 rings (SSSR count). The predicted octanol–water partition coefficient (Wildman–Crippen LogP) is 5.45. The highest BCUT2D eigenvalue weighted by Gasteiger charge is 2.26. The molecule has 0 spiro atoms. The highest BCUT2D eigenvalue weighted by molar-refractivity contribution is 7.13. The van der Waals surface area contributed by atoms with E-state index in [9.17, 15) is 4.79 Å². The highest BCUT2D eigenvalue weighted by Crippen LogP contribution is 2.39. The molecule has 26 heavy (non-hydrogen) atoms. The van der Waals surface area contributed by atoms with Crippen LogP contribution >= 0.6 is 22.9 Å². The van der Waals surface area contributed by atoms with E-state index < -0.39 is 0 Å². The van der Waals surface area contributed by atoms with Crippen LogP contribution < -0.4 is 5.73 Å². The molecule has 1 aliphatic carbocycles. The molecule has 6 heteroatoms. The number of hydrogen-bond acceptors (Lipinski definition) is 3. The van der Waals surface area contributed by atoms with Gasteiger partial charge in [-0.05, 0) is 31.9 Å². The van der Waals surface area contributed by atoms with Crippen LogP contribution in [0.5, 0.6) is 0 Å². The van der Waals surface area contributed by atoms with Crippen molar-refractivity contribution < 1.29 is 4.79 Å². The molecule has 1 saturated carbocycles. The summed E-state index contributed by atoms with van der Waals surface area (Å²) in [4.78, 5) is 16.7. The van der Waals surface area contributed by atoms with E-state index >= 15 is 0 Å². The van der Waals surface area contributed by atoms with Gasteiger partial charge >= 0.3 is 0 Å². The number of benzene rings is 1. The first-order valence-corrected chi connectivity index (χ1v) is 10.0. The average molecular weight is 386 g/mol. The van der Waals surface area contributed by atoms with Crippen molar-refractivity contribution in [3.05, 3.63) is 52.0 Å². The number of nitrogens with two attached hydrogens (primary N) is 1. The lowest BCUT2D eigenvalue weighted by Gasteiger charge is -2.18. The second-order valence-electron chi connectivity index (χ2n) is 6.72. The van der Waals surface area contributed by atoms with Gasteiger partial charge in [-0.3, -0.25) is 4.79 Å². The zero-order valence-electron chi connectivity index (χ0n) is 14.5. The van der Waals surface area contributed by atoms with Crippen LogP contribution in [0.3, 0.4) is 0 Å². The molecule has 4 nitrogen and oxygen atoms in total. The average Bonchev–Trinajstić information content (AvgIpc) is 3.33. The van der Waals surface area contributed by atoms with E-state index in [0.717, 1.165) is 40.5 Å². The minimum absolute atomic E-state index is 0.387. The number of primary amides is 1. The lowest BCUT2D eigenvalue weighted by molar-refractivity contribution is 0.0999. The lowest BCUT2D eigenvalue weighted by Crippen LogP contribution is -2.14. The molecule has 2 N–H and O–H groups in total. The van der Waals surface area contributed by atoms with E-state index in [1.807, 2.05) is 42.6 Å². The first-order valence-electron chi connectivity index (χ1n) is 8.78. The van der Waals surface area contributed by atoms with E-state index in [-0.39, 0.29) is 5.91 Å². The molecule has 0 saturated heterocycles. The van der Waals surface area contributed by atoms with Gasteiger partial charge in [-0.2, -0.15) is 0 Å². The molecule has 1 aliphatic rings. The first-order chi connectivity index (χ1) is 12.6. The number of amides is 1. The van der Waals surface area contributed by atoms with Gasteiger partial charge in [-0.25, -0.2) is 4.98 Å². The standard InChI is InChI=1S/C20H20ClN3OS/c1-12-15(19(22)25)10-18(24(12)13-6-2-3-7-13)17-11-26-20(23-17)14-8-4-5-9-16(14)21/h4-5,8-11,13H,2-3,6-7H2,1H3,(H2,22,25). The van der Waals surface area contributed by atoms with Gasteiger partial charge in [0, 0.05) is 22.7 Å². The summed E-state index contributed by atoms with van der Waals surface area (Å²) in [5, 5.41) is 3.60. The molecule has 0 bridgehead atoms. The Morgan fingerprint density at radius 3 is 2.73 bits per heavy atom. The zero-order valence-corrected chi connectivity index (χ0v) is 16.1. The van der Waals surface area contributed by atoms with E-state index in [4.69, 9.17) is 22.3 Å². The Hall–Kier alpha value is -2.11. The van der Waals surface area contributed by atoms with Crippen LogP contribution in [0, 0.1) is 6.92 Å². The van der Waals surface area contributed by atoms with Crippen molar-refractivity contribution in [3.8, 4) is 22.0 Å². The number of aromatic nitrogens is 2. The van der Waals surface area contributed by atoms with E-state index in [1.165, 1.54) is 12.8 Å². The molecule has 0 atom stereocenters. The molecule has 2 heterocycles. The van der Waals surface area contributed by atoms with Crippen LogP contribution in [0.15, 0.2) is 35.7 Å². The topological polar surface area (TPSA) is 60.9 Å². The van der Waals surface area contributed by atoms with Gasteiger partial charge in [-0.1, -0.05) is 42.6 Å². The maximum Gasteiger partial charge on any atom is 0.250 e. The number of nitrogens with zero attached hydrogens (tertiary/aromatic N) is 2. The van der Waals surface area contributed by atoms with Crippen molar-refractivity contribution in [2.24, 2.45) is 5.73 Å². The minimum atomic E-state index is -0.387. The maximum atomic E-state index is 11.9. The Morgan fingerprint density at radius 1 is 1.31 bits per heavy atom. The third kappa shape index (κ3) is 2.95. The molecule has 2 aromatic heterocycles. The molecule has 0 unspecified atom stereocenters. The Bertz CT molecular complexity index is 969. The third-order valence-corrected chi connectivity index (χ3v) is 6.32. The highest BCUT2D eigenvalue weighted by atomic mass is 35.5. The molecule has 1 aromatic carbocycles. The Morgan fingerprint density at radius 2 is 2.04 bits per heavy atom. The molecule has 0 radical (unpaired) electrons. The second kappa shape index (κ2) is 6.89. The smallest absolute Gasteiger partial charge is 0.250 e. The number of hydrogen-bond donors (Lipinski definition) is 1. The van der Waals surface area contributed by atoms with Crippen molar-refractivity contribution in [2.75, 3.05) is 0 Å². The summed E-state index contributed by atoms with van der Waals surface area (Å²) in [6, 6.07) is 10.0. The summed E-state index contributed by atoms with van der Waals surface area (Å²) in [5.41, 5.74) is 9.89. The van der Waals surface area contributed by atoms with Crippen molar-refractivity contribution in [1.29, 1.82) is 0 Å². The lowest BCUT2D eigenvalue weighted by atomic mass is 10.2. The fraction of sp³-hybridized carbons (Fsp3) is 0.300. The first kappa shape index (κ1) is 17.3. The van der Waals surface area contributed by atoms with E-state index in [0.29, 0.717) is 16.6 Å². The van der Waals surface area contributed by atoms with Crippen molar-refractivity contribution in [1.82, 2.24) is 9.55 Å². The fourth-order valence-electron chi connectivity index (χ4n) is 3.85. The van der Waals surface area contributed by atoms with Crippen LogP contribution in [0.4, 0.5) is 0 Å². The van der Waals surface area contributed by atoms with Gasteiger partial charge in [0.15, 0.2) is 0 Å². The molecular weight excluding hydrogens is 366 g/mol. The number of halogens is 1. The van der Waals surface area contributed by atoms with E-state index in [1.54, 1.807) is 11.3 Å². The van der Waals surface area contributed by atoms with Crippen LogP contribution in [0.25, 0.3) is 22.0 Å². The van der Waals surface area contributed by atoms with Crippen LogP contribution in [0.2, 0.25) is 5.02 Å². The normalized spacial score (nSPS) is 14.8. The van der Waals surface area contributed by atoms with Gasteiger partial charge < -0.3 is 10.3 Å².